The van der Waals surface area contributed by atoms with Crippen LogP contribution < -0.4 is 5.32 Å². The van der Waals surface area contributed by atoms with Crippen molar-refractivity contribution < 1.29 is 19.2 Å². The Kier molecular flexibility index (Phi) is 6.06. The van der Waals surface area contributed by atoms with Gasteiger partial charge < -0.3 is 10.1 Å². The maximum absolute atomic E-state index is 12.0. The predicted octanol–water partition coefficient (Wildman–Crippen LogP) is 3.25. The van der Waals surface area contributed by atoms with Crippen LogP contribution in [0.2, 0.25) is 0 Å². The number of nitrogens with one attached hydrogen (secondary N) is 1. The first-order valence-corrected chi connectivity index (χ1v) is 8.06. The molecule has 0 fully saturated rings. The smallest absolute Gasteiger partial charge is 0.345 e. The number of benzene rings is 2. The summed E-state index contributed by atoms with van der Waals surface area (Å²) in [7, 11) is 0. The van der Waals surface area contributed by atoms with Crippen LogP contribution >= 0.6 is 0 Å². The van der Waals surface area contributed by atoms with Crippen molar-refractivity contribution in [3.63, 3.8) is 0 Å². The number of hydrogen-bond donors (Lipinski definition) is 1. The summed E-state index contributed by atoms with van der Waals surface area (Å²) in [5, 5.41) is 13.7. The highest BCUT2D eigenvalue weighted by Crippen LogP contribution is 2.19. The number of hydrogen-bond acceptors (Lipinski definition) is 5. The average Bonchev–Trinajstić information content (AvgIpc) is 2.61. The minimum absolute atomic E-state index is 0.187. The van der Waals surface area contributed by atoms with Crippen LogP contribution in [-0.4, -0.2) is 23.4 Å². The second kappa shape index (κ2) is 8.24. The number of para-hydroxylation sites is 1. The van der Waals surface area contributed by atoms with E-state index in [2.05, 4.69) is 5.32 Å². The van der Waals surface area contributed by atoms with Crippen molar-refractivity contribution in [2.75, 3.05) is 6.61 Å². The van der Waals surface area contributed by atoms with Crippen LogP contribution in [0.1, 0.15) is 40.0 Å². The SMILES string of the molecule is Cc1ccc([C@H](C)NC(=O)COC(=O)c2ccccc2[N+](=O)[O-])cc1C. The summed E-state index contributed by atoms with van der Waals surface area (Å²) < 4.78 is 4.90. The fourth-order valence-electron chi connectivity index (χ4n) is 2.41. The van der Waals surface area contributed by atoms with E-state index < -0.39 is 23.4 Å². The molecule has 7 nitrogen and oxygen atoms in total. The normalized spacial score (nSPS) is 11.5. The lowest BCUT2D eigenvalue weighted by molar-refractivity contribution is -0.385. The molecule has 26 heavy (non-hydrogen) atoms. The lowest BCUT2D eigenvalue weighted by atomic mass is 10.0. The van der Waals surface area contributed by atoms with Crippen LogP contribution in [0.4, 0.5) is 5.69 Å². The minimum atomic E-state index is -0.911. The van der Waals surface area contributed by atoms with Crippen molar-refractivity contribution in [3.8, 4) is 0 Å². The van der Waals surface area contributed by atoms with Crippen LogP contribution in [0, 0.1) is 24.0 Å². The first-order valence-electron chi connectivity index (χ1n) is 8.06. The maximum atomic E-state index is 12.0. The van der Waals surface area contributed by atoms with E-state index in [4.69, 9.17) is 4.74 Å². The molecule has 0 spiro atoms. The molecule has 0 unspecified atom stereocenters. The van der Waals surface area contributed by atoms with Gasteiger partial charge in [-0.3, -0.25) is 14.9 Å². The molecule has 7 heteroatoms. The number of carbonyl (C=O) groups excluding carboxylic acids is 2. The van der Waals surface area contributed by atoms with Gasteiger partial charge in [0.15, 0.2) is 6.61 Å². The van der Waals surface area contributed by atoms with Gasteiger partial charge in [0.25, 0.3) is 11.6 Å². The third-order valence-corrected chi connectivity index (χ3v) is 4.06. The molecule has 1 N–H and O–H groups in total. The molecule has 2 aromatic carbocycles. The van der Waals surface area contributed by atoms with Crippen LogP contribution in [-0.2, 0) is 9.53 Å². The predicted molar refractivity (Wildman–Crippen MR) is 95.9 cm³/mol. The van der Waals surface area contributed by atoms with Gasteiger partial charge in [0, 0.05) is 6.07 Å². The molecule has 1 amide bonds. The fraction of sp³-hybridized carbons (Fsp3) is 0.263. The molecule has 1 atom stereocenters. The van der Waals surface area contributed by atoms with Gasteiger partial charge in [0.2, 0.25) is 0 Å². The Bertz CT molecular complexity index is 848. The summed E-state index contributed by atoms with van der Waals surface area (Å²) in [4.78, 5) is 34.3. The van der Waals surface area contributed by atoms with Gasteiger partial charge in [-0.25, -0.2) is 4.79 Å². The van der Waals surface area contributed by atoms with Gasteiger partial charge in [0.05, 0.1) is 11.0 Å². The van der Waals surface area contributed by atoms with Gasteiger partial charge in [-0.05, 0) is 43.5 Å². The van der Waals surface area contributed by atoms with E-state index in [9.17, 15) is 19.7 Å². The number of nitro groups is 1. The third kappa shape index (κ3) is 4.66. The summed E-state index contributed by atoms with van der Waals surface area (Å²) in [6.45, 7) is 5.30. The number of carbonyl (C=O) groups is 2. The van der Waals surface area contributed by atoms with Gasteiger partial charge >= 0.3 is 5.97 Å². The van der Waals surface area contributed by atoms with Crippen molar-refractivity contribution in [2.24, 2.45) is 0 Å². The zero-order valence-electron chi connectivity index (χ0n) is 14.8. The van der Waals surface area contributed by atoms with Crippen molar-refractivity contribution in [3.05, 3.63) is 74.8 Å². The van der Waals surface area contributed by atoms with Crippen LogP contribution in [0.25, 0.3) is 0 Å². The fourth-order valence-corrected chi connectivity index (χ4v) is 2.41. The number of nitro benzene ring substituents is 1. The highest BCUT2D eigenvalue weighted by molar-refractivity contribution is 5.95. The highest BCUT2D eigenvalue weighted by Gasteiger charge is 2.21. The van der Waals surface area contributed by atoms with Gasteiger partial charge in [0.1, 0.15) is 5.56 Å². The van der Waals surface area contributed by atoms with E-state index in [-0.39, 0.29) is 17.3 Å². The molecule has 0 aliphatic rings. The summed E-state index contributed by atoms with van der Waals surface area (Å²) >= 11 is 0. The molecule has 0 saturated heterocycles. The number of rotatable bonds is 6. The van der Waals surface area contributed by atoms with E-state index in [1.807, 2.05) is 39.0 Å². The zero-order valence-corrected chi connectivity index (χ0v) is 14.8. The molecule has 0 aliphatic carbocycles. The Morgan fingerprint density at radius 1 is 1.15 bits per heavy atom. The molecular formula is C19H20N2O5. The monoisotopic (exact) mass is 356 g/mol. The average molecular weight is 356 g/mol. The van der Waals surface area contributed by atoms with Crippen LogP contribution in [0.5, 0.6) is 0 Å². The number of esters is 1. The molecule has 2 aromatic rings. The largest absolute Gasteiger partial charge is 0.452 e. The molecule has 0 aromatic heterocycles. The first-order chi connectivity index (χ1) is 12.3. The maximum Gasteiger partial charge on any atom is 0.345 e. The van der Waals surface area contributed by atoms with Gasteiger partial charge in [-0.15, -0.1) is 0 Å². The summed E-state index contributed by atoms with van der Waals surface area (Å²) in [5.41, 5.74) is 2.66. The Morgan fingerprint density at radius 3 is 2.50 bits per heavy atom. The van der Waals surface area contributed by atoms with Gasteiger partial charge in [-0.1, -0.05) is 30.3 Å². The standard InChI is InChI=1S/C19H20N2O5/c1-12-8-9-15(10-13(12)2)14(3)20-18(22)11-26-19(23)16-6-4-5-7-17(16)21(24)25/h4-10,14H,11H2,1-3H3,(H,20,22)/t14-/m0/s1. The number of aryl methyl sites for hydroxylation is 2. The van der Waals surface area contributed by atoms with Crippen molar-refractivity contribution in [1.29, 1.82) is 0 Å². The number of amides is 1. The lowest BCUT2D eigenvalue weighted by Gasteiger charge is -2.15. The molecule has 0 radical (unpaired) electrons. The lowest BCUT2D eigenvalue weighted by Crippen LogP contribution is -2.31. The highest BCUT2D eigenvalue weighted by atomic mass is 16.6. The summed E-state index contributed by atoms with van der Waals surface area (Å²) in [5.74, 6) is -1.39. The molecule has 0 saturated carbocycles. The van der Waals surface area contributed by atoms with Crippen molar-refractivity contribution >= 4 is 17.6 Å². The minimum Gasteiger partial charge on any atom is -0.452 e. The Hall–Kier alpha value is -3.22. The Balaban J connectivity index is 1.95. The molecule has 0 aliphatic heterocycles. The second-order valence-corrected chi connectivity index (χ2v) is 5.98. The summed E-state index contributed by atoms with van der Waals surface area (Å²) in [6.07, 6.45) is 0. The van der Waals surface area contributed by atoms with Crippen molar-refractivity contribution in [1.82, 2.24) is 5.32 Å². The molecular weight excluding hydrogens is 336 g/mol. The van der Waals surface area contributed by atoms with Crippen LogP contribution in [0.3, 0.4) is 0 Å². The quantitative estimate of drug-likeness (QED) is 0.487. The molecule has 0 heterocycles. The third-order valence-electron chi connectivity index (χ3n) is 4.06. The van der Waals surface area contributed by atoms with E-state index in [0.717, 1.165) is 16.7 Å². The van der Waals surface area contributed by atoms with Crippen LogP contribution in [0.15, 0.2) is 42.5 Å². The first kappa shape index (κ1) is 19.1. The van der Waals surface area contributed by atoms with E-state index >= 15 is 0 Å². The van der Waals surface area contributed by atoms with E-state index in [1.165, 1.54) is 24.3 Å². The topological polar surface area (TPSA) is 98.5 Å². The Morgan fingerprint density at radius 2 is 1.85 bits per heavy atom. The number of ether oxygens (including phenoxy) is 1. The molecule has 0 bridgehead atoms. The Labute approximate surface area is 151 Å². The molecule has 2 rings (SSSR count). The van der Waals surface area contributed by atoms with Crippen molar-refractivity contribution in [2.45, 2.75) is 26.8 Å². The number of nitrogens with zero attached hydrogens (tertiary/aromatic N) is 1. The molecule has 136 valence electrons. The second-order valence-electron chi connectivity index (χ2n) is 5.98. The zero-order chi connectivity index (χ0) is 19.3. The van der Waals surface area contributed by atoms with E-state index in [0.29, 0.717) is 0 Å². The summed E-state index contributed by atoms with van der Waals surface area (Å²) in [6, 6.07) is 11.1. The van der Waals surface area contributed by atoms with E-state index in [1.54, 1.807) is 0 Å². The van der Waals surface area contributed by atoms with Gasteiger partial charge in [-0.2, -0.15) is 0 Å².